The quantitative estimate of drug-likeness (QED) is 0.491. The number of alkyl halides is 2. The lowest BCUT2D eigenvalue weighted by Crippen LogP contribution is -2.26. The predicted octanol–water partition coefficient (Wildman–Crippen LogP) is 4.50. The van der Waals surface area contributed by atoms with Gasteiger partial charge in [0.2, 0.25) is 0 Å². The van der Waals surface area contributed by atoms with E-state index >= 15 is 0 Å². The van der Waals surface area contributed by atoms with Crippen LogP contribution >= 0.6 is 0 Å². The van der Waals surface area contributed by atoms with E-state index in [0.29, 0.717) is 22.5 Å². The molecule has 5 rings (SSSR count). The fourth-order valence-corrected chi connectivity index (χ4v) is 4.28. The number of hydrogen-bond donors (Lipinski definition) is 1. The van der Waals surface area contributed by atoms with Crippen LogP contribution in [0.15, 0.2) is 84.4 Å². The molecule has 1 unspecified atom stereocenters. The molecule has 8 heteroatoms. The number of aromatic nitrogens is 3. The van der Waals surface area contributed by atoms with Gasteiger partial charge in [-0.15, -0.1) is 0 Å². The van der Waals surface area contributed by atoms with Crippen molar-refractivity contribution < 1.29 is 13.5 Å². The van der Waals surface area contributed by atoms with Crippen molar-refractivity contribution in [1.82, 2.24) is 15.0 Å². The van der Waals surface area contributed by atoms with Gasteiger partial charge in [0.15, 0.2) is 0 Å². The molecular formula is C25H19F2N5O. The number of pyridine rings is 1. The maximum absolute atomic E-state index is 13.9. The van der Waals surface area contributed by atoms with E-state index in [9.17, 15) is 8.78 Å². The Morgan fingerprint density at radius 2 is 1.79 bits per heavy atom. The standard InChI is InChI=1S/C25H19F2N5O/c1-33-21-8-7-17(13-18(21)23(26)27)25(19-6-3-9-31-22(19)24(28)32-25)16-5-2-4-15(12-16)20-14-29-10-11-30-20/h2-14,23H,1H3,(H2,28,32). The first kappa shape index (κ1) is 20.7. The molecule has 2 aromatic carbocycles. The smallest absolute Gasteiger partial charge is 0.267 e. The van der Waals surface area contributed by atoms with E-state index in [1.807, 2.05) is 30.3 Å². The van der Waals surface area contributed by atoms with Crippen molar-refractivity contribution >= 4 is 5.84 Å². The molecule has 164 valence electrons. The van der Waals surface area contributed by atoms with Crippen LogP contribution in [-0.2, 0) is 5.54 Å². The molecule has 0 spiro atoms. The Morgan fingerprint density at radius 3 is 2.55 bits per heavy atom. The van der Waals surface area contributed by atoms with Gasteiger partial charge in [-0.05, 0) is 35.4 Å². The maximum Gasteiger partial charge on any atom is 0.267 e. The maximum atomic E-state index is 13.9. The number of nitrogens with two attached hydrogens (primary N) is 1. The van der Waals surface area contributed by atoms with Crippen molar-refractivity contribution in [1.29, 1.82) is 0 Å². The predicted molar refractivity (Wildman–Crippen MR) is 120 cm³/mol. The summed E-state index contributed by atoms with van der Waals surface area (Å²) in [4.78, 5) is 17.8. The number of ether oxygens (including phenoxy) is 1. The fraction of sp³-hybridized carbons (Fsp3) is 0.120. The molecule has 4 aromatic rings. The average Bonchev–Trinajstić information content (AvgIpc) is 3.17. The first-order valence-corrected chi connectivity index (χ1v) is 10.2. The van der Waals surface area contributed by atoms with Crippen molar-refractivity contribution in [2.24, 2.45) is 10.7 Å². The third-order valence-corrected chi connectivity index (χ3v) is 5.75. The zero-order valence-electron chi connectivity index (χ0n) is 17.6. The van der Waals surface area contributed by atoms with E-state index in [4.69, 9.17) is 15.5 Å². The first-order valence-electron chi connectivity index (χ1n) is 10.2. The second kappa shape index (κ2) is 8.05. The lowest BCUT2D eigenvalue weighted by molar-refractivity contribution is 0.147. The van der Waals surface area contributed by atoms with Crippen molar-refractivity contribution in [3.8, 4) is 17.0 Å². The highest BCUT2D eigenvalue weighted by molar-refractivity contribution is 6.01. The highest BCUT2D eigenvalue weighted by Gasteiger charge is 2.44. The summed E-state index contributed by atoms with van der Waals surface area (Å²) in [6.07, 6.45) is 3.78. The van der Waals surface area contributed by atoms with Gasteiger partial charge in [-0.1, -0.05) is 30.3 Å². The molecule has 0 aliphatic carbocycles. The number of hydrogen-bond acceptors (Lipinski definition) is 6. The van der Waals surface area contributed by atoms with Crippen LogP contribution in [0.1, 0.15) is 34.4 Å². The van der Waals surface area contributed by atoms with Crippen LogP contribution in [0.4, 0.5) is 8.78 Å². The van der Waals surface area contributed by atoms with Gasteiger partial charge in [0, 0.05) is 29.7 Å². The van der Waals surface area contributed by atoms with Crippen molar-refractivity contribution in [2.45, 2.75) is 12.0 Å². The van der Waals surface area contributed by atoms with Crippen molar-refractivity contribution in [2.75, 3.05) is 7.11 Å². The van der Waals surface area contributed by atoms with E-state index in [-0.39, 0.29) is 17.1 Å². The Morgan fingerprint density at radius 1 is 0.939 bits per heavy atom. The van der Waals surface area contributed by atoms with Crippen LogP contribution in [0.2, 0.25) is 0 Å². The van der Waals surface area contributed by atoms with Crippen LogP contribution in [0, 0.1) is 0 Å². The SMILES string of the molecule is COc1ccc(C2(c3cccc(-c4cnccn4)c3)N=C(N)c3ncccc32)cc1C(F)F. The van der Waals surface area contributed by atoms with Gasteiger partial charge >= 0.3 is 0 Å². The Balaban J connectivity index is 1.80. The molecule has 0 radical (unpaired) electrons. The normalized spacial score (nSPS) is 17.0. The summed E-state index contributed by atoms with van der Waals surface area (Å²) in [6.45, 7) is 0. The summed E-state index contributed by atoms with van der Waals surface area (Å²) in [5, 5.41) is 0. The summed E-state index contributed by atoms with van der Waals surface area (Å²) in [5.41, 5.74) is 8.91. The van der Waals surface area contributed by atoms with Gasteiger partial charge in [0.25, 0.3) is 6.43 Å². The number of rotatable bonds is 5. The van der Waals surface area contributed by atoms with E-state index < -0.39 is 12.0 Å². The van der Waals surface area contributed by atoms with Crippen LogP contribution < -0.4 is 10.5 Å². The van der Waals surface area contributed by atoms with Gasteiger partial charge < -0.3 is 10.5 Å². The van der Waals surface area contributed by atoms with Crippen LogP contribution in [0.25, 0.3) is 11.3 Å². The average molecular weight is 443 g/mol. The first-order chi connectivity index (χ1) is 16.0. The third kappa shape index (κ3) is 3.31. The van der Waals surface area contributed by atoms with Gasteiger partial charge in [-0.25, -0.2) is 13.8 Å². The summed E-state index contributed by atoms with van der Waals surface area (Å²) >= 11 is 0. The zero-order valence-corrected chi connectivity index (χ0v) is 17.6. The molecule has 1 atom stereocenters. The third-order valence-electron chi connectivity index (χ3n) is 5.75. The topological polar surface area (TPSA) is 86.3 Å². The molecular weight excluding hydrogens is 424 g/mol. The van der Waals surface area contributed by atoms with E-state index in [1.165, 1.54) is 19.2 Å². The number of fused-ring (bicyclic) bond motifs is 1. The van der Waals surface area contributed by atoms with Crippen molar-refractivity contribution in [3.63, 3.8) is 0 Å². The Bertz CT molecular complexity index is 1360. The van der Waals surface area contributed by atoms with Crippen molar-refractivity contribution in [3.05, 3.63) is 107 Å². The molecule has 2 aromatic heterocycles. The molecule has 33 heavy (non-hydrogen) atoms. The van der Waals surface area contributed by atoms with Gasteiger partial charge in [0.05, 0.1) is 24.6 Å². The van der Waals surface area contributed by atoms with Gasteiger partial charge in [-0.3, -0.25) is 15.0 Å². The molecule has 0 saturated heterocycles. The number of benzene rings is 2. The van der Waals surface area contributed by atoms with Gasteiger partial charge in [-0.2, -0.15) is 0 Å². The molecule has 2 N–H and O–H groups in total. The number of aliphatic imine (C=N–C) groups is 1. The second-order valence-corrected chi connectivity index (χ2v) is 7.54. The molecule has 1 aliphatic heterocycles. The minimum Gasteiger partial charge on any atom is -0.496 e. The van der Waals surface area contributed by atoms with E-state index in [1.54, 1.807) is 36.9 Å². The van der Waals surface area contributed by atoms with Crippen LogP contribution in [0.5, 0.6) is 5.75 Å². The Labute approximate surface area is 188 Å². The molecule has 0 bridgehead atoms. The number of nitrogens with zero attached hydrogens (tertiary/aromatic N) is 4. The lowest BCUT2D eigenvalue weighted by Gasteiger charge is -2.30. The van der Waals surface area contributed by atoms with E-state index in [0.717, 1.165) is 11.1 Å². The van der Waals surface area contributed by atoms with Crippen LogP contribution in [-0.4, -0.2) is 27.9 Å². The molecule has 6 nitrogen and oxygen atoms in total. The molecule has 0 fully saturated rings. The zero-order chi connectivity index (χ0) is 23.0. The summed E-state index contributed by atoms with van der Waals surface area (Å²) in [7, 11) is 1.37. The fourth-order valence-electron chi connectivity index (χ4n) is 4.28. The monoisotopic (exact) mass is 443 g/mol. The molecule has 3 heterocycles. The highest BCUT2D eigenvalue weighted by atomic mass is 19.3. The lowest BCUT2D eigenvalue weighted by atomic mass is 9.77. The number of amidine groups is 1. The highest BCUT2D eigenvalue weighted by Crippen LogP contribution is 2.47. The van der Waals surface area contributed by atoms with Crippen LogP contribution in [0.3, 0.4) is 0 Å². The summed E-state index contributed by atoms with van der Waals surface area (Å²) < 4.78 is 33.0. The Hall–Kier alpha value is -4.20. The summed E-state index contributed by atoms with van der Waals surface area (Å²) in [5.74, 6) is 0.350. The van der Waals surface area contributed by atoms with Gasteiger partial charge in [0.1, 0.15) is 22.8 Å². The molecule has 0 amide bonds. The second-order valence-electron chi connectivity index (χ2n) is 7.54. The molecule has 1 aliphatic rings. The Kier molecular flexibility index (Phi) is 5.05. The minimum absolute atomic E-state index is 0.110. The minimum atomic E-state index is -2.72. The number of halogens is 2. The largest absolute Gasteiger partial charge is 0.496 e. The van der Waals surface area contributed by atoms with E-state index in [2.05, 4.69) is 15.0 Å². The number of methoxy groups -OCH3 is 1. The summed E-state index contributed by atoms with van der Waals surface area (Å²) in [6, 6.07) is 15.9. The molecule has 0 saturated carbocycles.